The lowest BCUT2D eigenvalue weighted by atomic mass is 9.97. The molecule has 0 aliphatic heterocycles. The minimum absolute atomic E-state index is 0.793. The molecule has 0 saturated heterocycles. The SMILES string of the molecule is CC(C)C(CBr)CN(C)CC1CC1. The summed E-state index contributed by atoms with van der Waals surface area (Å²) in [4.78, 5) is 2.50. The van der Waals surface area contributed by atoms with Crippen molar-refractivity contribution in [2.24, 2.45) is 17.8 Å². The summed E-state index contributed by atoms with van der Waals surface area (Å²) < 4.78 is 0. The van der Waals surface area contributed by atoms with E-state index in [1.807, 2.05) is 0 Å². The molecule has 0 amide bonds. The van der Waals surface area contributed by atoms with Crippen LogP contribution in [0.3, 0.4) is 0 Å². The number of alkyl halides is 1. The molecule has 1 saturated carbocycles. The average molecular weight is 248 g/mol. The summed E-state index contributed by atoms with van der Waals surface area (Å²) in [6.45, 7) is 7.20. The van der Waals surface area contributed by atoms with E-state index < -0.39 is 0 Å². The largest absolute Gasteiger partial charge is 0.306 e. The number of halogens is 1. The van der Waals surface area contributed by atoms with Gasteiger partial charge in [0.05, 0.1) is 0 Å². The second-order valence-electron chi connectivity index (χ2n) is 4.82. The first-order chi connectivity index (χ1) is 6.13. The molecular formula is C11H22BrN. The van der Waals surface area contributed by atoms with Crippen molar-refractivity contribution in [3.63, 3.8) is 0 Å². The Balaban J connectivity index is 2.18. The molecule has 1 unspecified atom stereocenters. The zero-order valence-corrected chi connectivity index (χ0v) is 10.7. The molecule has 78 valence electrons. The zero-order valence-electron chi connectivity index (χ0n) is 9.09. The summed E-state index contributed by atoms with van der Waals surface area (Å²) in [5, 5.41) is 1.14. The van der Waals surface area contributed by atoms with Crippen molar-refractivity contribution in [3.8, 4) is 0 Å². The third-order valence-electron chi connectivity index (χ3n) is 2.95. The van der Waals surface area contributed by atoms with Crippen LogP contribution in [0, 0.1) is 17.8 Å². The van der Waals surface area contributed by atoms with Crippen molar-refractivity contribution < 1.29 is 0 Å². The minimum atomic E-state index is 0.793. The maximum Gasteiger partial charge on any atom is 0.00743 e. The molecule has 1 atom stereocenters. The van der Waals surface area contributed by atoms with E-state index in [1.165, 1.54) is 25.9 Å². The van der Waals surface area contributed by atoms with Gasteiger partial charge < -0.3 is 4.90 Å². The summed E-state index contributed by atoms with van der Waals surface area (Å²) in [6.07, 6.45) is 2.93. The van der Waals surface area contributed by atoms with Crippen LogP contribution in [0.15, 0.2) is 0 Å². The molecule has 1 nitrogen and oxygen atoms in total. The van der Waals surface area contributed by atoms with Crippen molar-refractivity contribution in [2.45, 2.75) is 26.7 Å². The van der Waals surface area contributed by atoms with Gasteiger partial charge in [0.25, 0.3) is 0 Å². The van der Waals surface area contributed by atoms with Gasteiger partial charge in [-0.1, -0.05) is 29.8 Å². The third-order valence-corrected chi connectivity index (χ3v) is 3.79. The van der Waals surface area contributed by atoms with Gasteiger partial charge in [-0.25, -0.2) is 0 Å². The third kappa shape index (κ3) is 4.46. The molecule has 0 N–H and O–H groups in total. The topological polar surface area (TPSA) is 3.24 Å². The first-order valence-corrected chi connectivity index (χ1v) is 6.50. The van der Waals surface area contributed by atoms with Crippen LogP contribution in [0.4, 0.5) is 0 Å². The maximum absolute atomic E-state index is 3.60. The first kappa shape index (κ1) is 11.5. The normalized spacial score (nSPS) is 19.8. The highest BCUT2D eigenvalue weighted by atomic mass is 79.9. The van der Waals surface area contributed by atoms with Crippen LogP contribution in [0.5, 0.6) is 0 Å². The van der Waals surface area contributed by atoms with E-state index in [9.17, 15) is 0 Å². The molecule has 1 rings (SSSR count). The fraction of sp³-hybridized carbons (Fsp3) is 1.00. The Morgan fingerprint density at radius 3 is 2.38 bits per heavy atom. The molecule has 1 aliphatic rings. The van der Waals surface area contributed by atoms with Crippen LogP contribution in [-0.2, 0) is 0 Å². The molecule has 0 spiro atoms. The molecule has 0 aromatic carbocycles. The highest BCUT2D eigenvalue weighted by Gasteiger charge is 2.24. The van der Waals surface area contributed by atoms with Crippen LogP contribution >= 0.6 is 15.9 Å². The lowest BCUT2D eigenvalue weighted by molar-refractivity contribution is 0.246. The van der Waals surface area contributed by atoms with Crippen LogP contribution in [-0.4, -0.2) is 30.4 Å². The Morgan fingerprint density at radius 1 is 1.38 bits per heavy atom. The second kappa shape index (κ2) is 5.35. The molecule has 1 fully saturated rings. The standard InChI is InChI=1S/C11H22BrN/c1-9(2)11(6-12)8-13(3)7-10-4-5-10/h9-11H,4-8H2,1-3H3. The van der Waals surface area contributed by atoms with E-state index in [2.05, 4.69) is 41.7 Å². The van der Waals surface area contributed by atoms with Gasteiger partial charge >= 0.3 is 0 Å². The van der Waals surface area contributed by atoms with Gasteiger partial charge in [-0.3, -0.25) is 0 Å². The minimum Gasteiger partial charge on any atom is -0.306 e. The molecule has 0 aromatic heterocycles. The van der Waals surface area contributed by atoms with E-state index in [-0.39, 0.29) is 0 Å². The zero-order chi connectivity index (χ0) is 9.84. The smallest absolute Gasteiger partial charge is 0.00743 e. The Kier molecular flexibility index (Phi) is 4.74. The molecule has 0 bridgehead atoms. The second-order valence-corrected chi connectivity index (χ2v) is 5.47. The average Bonchev–Trinajstić information content (AvgIpc) is 2.83. The lowest BCUT2D eigenvalue weighted by Crippen LogP contribution is -2.30. The van der Waals surface area contributed by atoms with Gasteiger partial charge in [-0.05, 0) is 37.6 Å². The van der Waals surface area contributed by atoms with Crippen LogP contribution in [0.2, 0.25) is 0 Å². The van der Waals surface area contributed by atoms with E-state index in [1.54, 1.807) is 0 Å². The summed E-state index contributed by atoms with van der Waals surface area (Å²) in [7, 11) is 2.26. The summed E-state index contributed by atoms with van der Waals surface area (Å²) in [6, 6.07) is 0. The molecular weight excluding hydrogens is 226 g/mol. The molecule has 1 aliphatic carbocycles. The maximum atomic E-state index is 3.60. The molecule has 0 aromatic rings. The lowest BCUT2D eigenvalue weighted by Gasteiger charge is -2.25. The summed E-state index contributed by atoms with van der Waals surface area (Å²) >= 11 is 3.60. The predicted octanol–water partition coefficient (Wildman–Crippen LogP) is 3.00. The van der Waals surface area contributed by atoms with E-state index >= 15 is 0 Å². The van der Waals surface area contributed by atoms with Crippen molar-refractivity contribution in [3.05, 3.63) is 0 Å². The number of rotatable bonds is 6. The van der Waals surface area contributed by atoms with E-state index in [4.69, 9.17) is 0 Å². The van der Waals surface area contributed by atoms with Gasteiger partial charge in [0.15, 0.2) is 0 Å². The summed E-state index contributed by atoms with van der Waals surface area (Å²) in [5.74, 6) is 2.62. The monoisotopic (exact) mass is 247 g/mol. The molecule has 2 heteroatoms. The predicted molar refractivity (Wildman–Crippen MR) is 62.3 cm³/mol. The quantitative estimate of drug-likeness (QED) is 0.653. The Bertz CT molecular complexity index is 143. The number of hydrogen-bond donors (Lipinski definition) is 0. The summed E-state index contributed by atoms with van der Waals surface area (Å²) in [5.41, 5.74) is 0. The van der Waals surface area contributed by atoms with Crippen molar-refractivity contribution in [2.75, 3.05) is 25.5 Å². The highest BCUT2D eigenvalue weighted by Crippen LogP contribution is 2.29. The fourth-order valence-corrected chi connectivity index (χ4v) is 2.61. The van der Waals surface area contributed by atoms with Crippen LogP contribution < -0.4 is 0 Å². The molecule has 13 heavy (non-hydrogen) atoms. The van der Waals surface area contributed by atoms with Gasteiger partial charge in [0.2, 0.25) is 0 Å². The Morgan fingerprint density at radius 2 is 2.00 bits per heavy atom. The van der Waals surface area contributed by atoms with Crippen molar-refractivity contribution in [1.29, 1.82) is 0 Å². The Labute approximate surface area is 91.0 Å². The first-order valence-electron chi connectivity index (χ1n) is 5.38. The van der Waals surface area contributed by atoms with Gasteiger partial charge in [-0.15, -0.1) is 0 Å². The van der Waals surface area contributed by atoms with E-state index in [0.29, 0.717) is 0 Å². The van der Waals surface area contributed by atoms with Crippen molar-refractivity contribution >= 4 is 15.9 Å². The van der Waals surface area contributed by atoms with Crippen LogP contribution in [0.1, 0.15) is 26.7 Å². The van der Waals surface area contributed by atoms with Gasteiger partial charge in [0, 0.05) is 18.4 Å². The number of hydrogen-bond acceptors (Lipinski definition) is 1. The number of nitrogens with zero attached hydrogens (tertiary/aromatic N) is 1. The van der Waals surface area contributed by atoms with Gasteiger partial charge in [-0.2, -0.15) is 0 Å². The fourth-order valence-electron chi connectivity index (χ4n) is 1.65. The van der Waals surface area contributed by atoms with Crippen LogP contribution in [0.25, 0.3) is 0 Å². The highest BCUT2D eigenvalue weighted by molar-refractivity contribution is 9.09. The Hall–Kier alpha value is 0.440. The molecule has 0 heterocycles. The molecule has 0 radical (unpaired) electrons. The van der Waals surface area contributed by atoms with E-state index in [0.717, 1.165) is 23.1 Å². The van der Waals surface area contributed by atoms with Gasteiger partial charge in [0.1, 0.15) is 0 Å². The van der Waals surface area contributed by atoms with Crippen molar-refractivity contribution in [1.82, 2.24) is 4.90 Å².